The van der Waals surface area contributed by atoms with Crippen molar-refractivity contribution in [1.29, 1.82) is 0 Å². The van der Waals surface area contributed by atoms with Gasteiger partial charge in [-0.15, -0.1) is 0 Å². The molecule has 0 bridgehead atoms. The van der Waals surface area contributed by atoms with Crippen molar-refractivity contribution in [1.82, 2.24) is 9.80 Å². The molecule has 2 rings (SSSR count). The van der Waals surface area contributed by atoms with E-state index in [9.17, 15) is 9.90 Å². The van der Waals surface area contributed by atoms with E-state index in [2.05, 4.69) is 4.90 Å². The maximum Gasteiger partial charge on any atom is 0.236 e. The van der Waals surface area contributed by atoms with Gasteiger partial charge in [-0.05, 0) is 20.3 Å². The zero-order valence-corrected chi connectivity index (χ0v) is 10.7. The molecule has 2 fully saturated rings. The van der Waals surface area contributed by atoms with Crippen LogP contribution in [0.2, 0.25) is 0 Å². The van der Waals surface area contributed by atoms with Crippen LogP contribution in [-0.4, -0.2) is 71.8 Å². The van der Waals surface area contributed by atoms with Crippen LogP contribution in [0.25, 0.3) is 0 Å². The van der Waals surface area contributed by atoms with Crippen molar-refractivity contribution in [3.05, 3.63) is 0 Å². The maximum absolute atomic E-state index is 11.9. The molecule has 98 valence electrons. The third-order valence-electron chi connectivity index (χ3n) is 3.32. The van der Waals surface area contributed by atoms with Crippen molar-refractivity contribution in [3.8, 4) is 0 Å². The van der Waals surface area contributed by atoms with E-state index in [1.165, 1.54) is 0 Å². The van der Waals surface area contributed by atoms with E-state index in [1.54, 1.807) is 0 Å². The third kappa shape index (κ3) is 3.18. The lowest BCUT2D eigenvalue weighted by Crippen LogP contribution is -2.57. The number of amides is 1. The van der Waals surface area contributed by atoms with E-state index in [-0.39, 0.29) is 24.2 Å². The van der Waals surface area contributed by atoms with Crippen molar-refractivity contribution in [2.45, 2.75) is 32.0 Å². The van der Waals surface area contributed by atoms with Crippen molar-refractivity contribution in [2.75, 3.05) is 39.3 Å². The predicted octanol–water partition coefficient (Wildman–Crippen LogP) is -0.310. The van der Waals surface area contributed by atoms with Crippen LogP contribution >= 0.6 is 0 Å². The second-order valence-corrected chi connectivity index (χ2v) is 5.59. The summed E-state index contributed by atoms with van der Waals surface area (Å²) in [6.07, 6.45) is 0.947. The van der Waals surface area contributed by atoms with Gasteiger partial charge in [0.15, 0.2) is 0 Å². The molecule has 0 spiro atoms. The van der Waals surface area contributed by atoms with Gasteiger partial charge < -0.3 is 14.7 Å². The quantitative estimate of drug-likeness (QED) is 0.737. The summed E-state index contributed by atoms with van der Waals surface area (Å²) in [5.74, 6) is 0.200. The topological polar surface area (TPSA) is 53.0 Å². The summed E-state index contributed by atoms with van der Waals surface area (Å²) >= 11 is 0. The molecule has 1 amide bonds. The molecule has 2 saturated heterocycles. The first-order valence-corrected chi connectivity index (χ1v) is 6.29. The molecule has 0 saturated carbocycles. The Morgan fingerprint density at radius 1 is 1.47 bits per heavy atom. The van der Waals surface area contributed by atoms with Gasteiger partial charge >= 0.3 is 0 Å². The molecule has 2 heterocycles. The molecule has 0 aromatic carbocycles. The molecule has 17 heavy (non-hydrogen) atoms. The lowest BCUT2D eigenvalue weighted by atomic mass is 10.1. The Balaban J connectivity index is 1.88. The summed E-state index contributed by atoms with van der Waals surface area (Å²) in [6.45, 7) is 7.63. The highest BCUT2D eigenvalue weighted by Gasteiger charge is 2.34. The number of rotatable bonds is 3. The van der Waals surface area contributed by atoms with Gasteiger partial charge in [0.25, 0.3) is 0 Å². The van der Waals surface area contributed by atoms with Gasteiger partial charge in [-0.25, -0.2) is 0 Å². The Morgan fingerprint density at radius 2 is 2.18 bits per heavy atom. The minimum Gasteiger partial charge on any atom is -0.394 e. The number of carbonyl (C=O) groups excluding carboxylic acids is 1. The molecule has 0 radical (unpaired) electrons. The minimum absolute atomic E-state index is 0.0117. The first-order valence-electron chi connectivity index (χ1n) is 6.29. The van der Waals surface area contributed by atoms with Crippen molar-refractivity contribution in [2.24, 2.45) is 0 Å². The van der Waals surface area contributed by atoms with Crippen molar-refractivity contribution in [3.63, 3.8) is 0 Å². The van der Waals surface area contributed by atoms with E-state index in [0.717, 1.165) is 26.1 Å². The van der Waals surface area contributed by atoms with E-state index in [0.29, 0.717) is 13.1 Å². The van der Waals surface area contributed by atoms with E-state index < -0.39 is 0 Å². The fourth-order valence-electron chi connectivity index (χ4n) is 2.49. The van der Waals surface area contributed by atoms with E-state index >= 15 is 0 Å². The molecular weight excluding hydrogens is 220 g/mol. The molecule has 2 aliphatic rings. The minimum atomic E-state index is -0.291. The van der Waals surface area contributed by atoms with Crippen LogP contribution < -0.4 is 0 Å². The molecule has 1 atom stereocenters. The number of likely N-dealkylation sites (tertiary alicyclic amines) is 1. The molecular formula is C12H22N2O3. The third-order valence-corrected chi connectivity index (χ3v) is 3.32. The number of morpholine rings is 1. The van der Waals surface area contributed by atoms with Crippen LogP contribution in [0.3, 0.4) is 0 Å². The Morgan fingerprint density at radius 3 is 2.71 bits per heavy atom. The molecule has 0 aliphatic carbocycles. The van der Waals surface area contributed by atoms with E-state index in [4.69, 9.17) is 4.74 Å². The summed E-state index contributed by atoms with van der Waals surface area (Å²) in [5, 5.41) is 9.19. The van der Waals surface area contributed by atoms with Gasteiger partial charge in [0, 0.05) is 26.2 Å². The fraction of sp³-hybridized carbons (Fsp3) is 0.917. The number of hydrogen-bond acceptors (Lipinski definition) is 4. The molecule has 2 aliphatic heterocycles. The number of ether oxygens (including phenoxy) is 1. The standard InChI is InChI=1S/C12H22N2O3/c1-12(2)9-13(6-10(8-15)17-12)7-11(16)14-4-3-5-14/h10,15H,3-9H2,1-2H3. The monoisotopic (exact) mass is 242 g/mol. The molecule has 1 unspecified atom stereocenters. The summed E-state index contributed by atoms with van der Waals surface area (Å²) in [7, 11) is 0. The number of aliphatic hydroxyl groups is 1. The predicted molar refractivity (Wildman–Crippen MR) is 63.7 cm³/mol. The molecule has 0 aromatic heterocycles. The van der Waals surface area contributed by atoms with Crippen LogP contribution in [0.5, 0.6) is 0 Å². The van der Waals surface area contributed by atoms with Crippen LogP contribution in [0, 0.1) is 0 Å². The highest BCUT2D eigenvalue weighted by molar-refractivity contribution is 5.78. The summed E-state index contributed by atoms with van der Waals surface area (Å²) in [4.78, 5) is 15.9. The Kier molecular flexibility index (Phi) is 3.70. The number of hydrogen-bond donors (Lipinski definition) is 1. The molecule has 5 nitrogen and oxygen atoms in total. The van der Waals surface area contributed by atoms with Crippen LogP contribution in [0.4, 0.5) is 0 Å². The first kappa shape index (κ1) is 12.8. The first-order chi connectivity index (χ1) is 8.00. The van der Waals surface area contributed by atoms with Gasteiger partial charge in [-0.3, -0.25) is 9.69 Å². The Labute approximate surface area is 102 Å². The highest BCUT2D eigenvalue weighted by Crippen LogP contribution is 2.21. The largest absolute Gasteiger partial charge is 0.394 e. The molecule has 5 heteroatoms. The SMILES string of the molecule is CC1(C)CN(CC(=O)N2CCC2)CC(CO)O1. The van der Waals surface area contributed by atoms with Gasteiger partial charge in [0.05, 0.1) is 24.9 Å². The van der Waals surface area contributed by atoms with Gasteiger partial charge in [0.2, 0.25) is 5.91 Å². The van der Waals surface area contributed by atoms with Gasteiger partial charge in [-0.2, -0.15) is 0 Å². The average Bonchev–Trinajstić information content (AvgIpc) is 2.11. The lowest BCUT2D eigenvalue weighted by molar-refractivity contribution is -0.157. The summed E-state index contributed by atoms with van der Waals surface area (Å²) in [5.41, 5.74) is -0.291. The highest BCUT2D eigenvalue weighted by atomic mass is 16.5. The smallest absolute Gasteiger partial charge is 0.236 e. The van der Waals surface area contributed by atoms with Crippen LogP contribution in [-0.2, 0) is 9.53 Å². The molecule has 1 N–H and O–H groups in total. The summed E-state index contributed by atoms with van der Waals surface area (Å²) < 4.78 is 5.72. The van der Waals surface area contributed by atoms with Crippen molar-refractivity contribution >= 4 is 5.91 Å². The number of aliphatic hydroxyl groups excluding tert-OH is 1. The van der Waals surface area contributed by atoms with E-state index in [1.807, 2.05) is 18.7 Å². The van der Waals surface area contributed by atoms with Crippen LogP contribution in [0.1, 0.15) is 20.3 Å². The normalized spacial score (nSPS) is 28.9. The van der Waals surface area contributed by atoms with Gasteiger partial charge in [0.1, 0.15) is 0 Å². The fourth-order valence-corrected chi connectivity index (χ4v) is 2.49. The zero-order valence-electron chi connectivity index (χ0n) is 10.7. The summed E-state index contributed by atoms with van der Waals surface area (Å²) in [6, 6.07) is 0. The van der Waals surface area contributed by atoms with Crippen molar-refractivity contribution < 1.29 is 14.6 Å². The number of carbonyl (C=O) groups is 1. The molecule has 0 aromatic rings. The second kappa shape index (κ2) is 4.92. The zero-order chi connectivity index (χ0) is 12.5. The number of nitrogens with zero attached hydrogens (tertiary/aromatic N) is 2. The van der Waals surface area contributed by atoms with Gasteiger partial charge in [-0.1, -0.05) is 0 Å². The maximum atomic E-state index is 11.9. The lowest BCUT2D eigenvalue weighted by Gasteiger charge is -2.43. The second-order valence-electron chi connectivity index (χ2n) is 5.59. The van der Waals surface area contributed by atoms with Crippen LogP contribution in [0.15, 0.2) is 0 Å². The Hall–Kier alpha value is -0.650. The Bertz CT molecular complexity index is 289. The average molecular weight is 242 g/mol.